The highest BCUT2D eigenvalue weighted by Crippen LogP contribution is 2.32. The monoisotopic (exact) mass is 442 g/mol. The molecule has 0 radical (unpaired) electrons. The minimum atomic E-state index is 0.0128. The third kappa shape index (κ3) is 4.77. The number of thiazole rings is 1. The van der Waals surface area contributed by atoms with Crippen LogP contribution in [0, 0.1) is 0 Å². The Kier molecular flexibility index (Phi) is 6.55. The van der Waals surface area contributed by atoms with Gasteiger partial charge in [0.2, 0.25) is 0 Å². The van der Waals surface area contributed by atoms with Crippen LogP contribution in [-0.4, -0.2) is 36.0 Å². The van der Waals surface area contributed by atoms with Crippen molar-refractivity contribution in [3.05, 3.63) is 75.2 Å². The SMILES string of the molecule is COc1cc(C(=O)N2CCCC(c3nccs3)C2)ccc1OCc1ccc(Cl)cc1. The van der Waals surface area contributed by atoms with Crippen LogP contribution >= 0.6 is 22.9 Å². The second-order valence-electron chi connectivity index (χ2n) is 7.24. The Bertz CT molecular complexity index is 992. The number of aromatic nitrogens is 1. The molecule has 1 atom stereocenters. The Balaban J connectivity index is 1.45. The lowest BCUT2D eigenvalue weighted by Crippen LogP contribution is -2.39. The molecule has 156 valence electrons. The van der Waals surface area contributed by atoms with Gasteiger partial charge in [0.1, 0.15) is 6.61 Å². The van der Waals surface area contributed by atoms with Crippen LogP contribution < -0.4 is 9.47 Å². The van der Waals surface area contributed by atoms with Crippen LogP contribution in [0.15, 0.2) is 54.0 Å². The van der Waals surface area contributed by atoms with Gasteiger partial charge >= 0.3 is 0 Å². The summed E-state index contributed by atoms with van der Waals surface area (Å²) >= 11 is 7.58. The Labute approximate surface area is 185 Å². The lowest BCUT2D eigenvalue weighted by Gasteiger charge is -2.32. The van der Waals surface area contributed by atoms with Crippen molar-refractivity contribution in [2.75, 3.05) is 20.2 Å². The van der Waals surface area contributed by atoms with Crippen LogP contribution in [0.3, 0.4) is 0 Å². The van der Waals surface area contributed by atoms with E-state index in [4.69, 9.17) is 21.1 Å². The van der Waals surface area contributed by atoms with Gasteiger partial charge in [-0.1, -0.05) is 23.7 Å². The van der Waals surface area contributed by atoms with Gasteiger partial charge in [0.25, 0.3) is 5.91 Å². The van der Waals surface area contributed by atoms with Crippen molar-refractivity contribution in [2.45, 2.75) is 25.4 Å². The second-order valence-corrected chi connectivity index (χ2v) is 8.60. The molecule has 7 heteroatoms. The molecule has 1 fully saturated rings. The number of methoxy groups -OCH3 is 1. The number of carbonyl (C=O) groups is 1. The fourth-order valence-electron chi connectivity index (χ4n) is 3.64. The summed E-state index contributed by atoms with van der Waals surface area (Å²) in [6, 6.07) is 12.9. The topological polar surface area (TPSA) is 51.7 Å². The number of ether oxygens (including phenoxy) is 2. The summed E-state index contributed by atoms with van der Waals surface area (Å²) in [6.45, 7) is 1.85. The lowest BCUT2D eigenvalue weighted by atomic mass is 9.98. The summed E-state index contributed by atoms with van der Waals surface area (Å²) in [5.74, 6) is 1.47. The number of piperidine rings is 1. The van der Waals surface area contributed by atoms with E-state index in [2.05, 4.69) is 4.98 Å². The van der Waals surface area contributed by atoms with Crippen LogP contribution in [0.5, 0.6) is 11.5 Å². The van der Waals surface area contributed by atoms with Crippen molar-refractivity contribution >= 4 is 28.8 Å². The summed E-state index contributed by atoms with van der Waals surface area (Å²) in [6.07, 6.45) is 3.88. The molecular weight excluding hydrogens is 420 g/mol. The van der Waals surface area contributed by atoms with Gasteiger partial charge in [-0.2, -0.15) is 0 Å². The first-order valence-corrected chi connectivity index (χ1v) is 11.1. The van der Waals surface area contributed by atoms with Crippen LogP contribution in [-0.2, 0) is 6.61 Å². The highest BCUT2D eigenvalue weighted by Gasteiger charge is 2.27. The van der Waals surface area contributed by atoms with E-state index in [1.165, 1.54) is 0 Å². The maximum absolute atomic E-state index is 13.1. The van der Waals surface area contributed by atoms with E-state index in [9.17, 15) is 4.79 Å². The van der Waals surface area contributed by atoms with E-state index in [-0.39, 0.29) is 5.91 Å². The number of halogens is 1. The van der Waals surface area contributed by atoms with E-state index in [1.807, 2.05) is 40.7 Å². The summed E-state index contributed by atoms with van der Waals surface area (Å²) < 4.78 is 11.4. The number of amides is 1. The average Bonchev–Trinajstić information content (AvgIpc) is 3.33. The van der Waals surface area contributed by atoms with E-state index in [1.54, 1.807) is 36.6 Å². The van der Waals surface area contributed by atoms with Gasteiger partial charge < -0.3 is 14.4 Å². The maximum Gasteiger partial charge on any atom is 0.254 e. The van der Waals surface area contributed by atoms with Crippen molar-refractivity contribution in [1.29, 1.82) is 0 Å². The predicted molar refractivity (Wildman–Crippen MR) is 119 cm³/mol. The van der Waals surface area contributed by atoms with Crippen molar-refractivity contribution in [1.82, 2.24) is 9.88 Å². The van der Waals surface area contributed by atoms with Crippen molar-refractivity contribution in [3.63, 3.8) is 0 Å². The highest BCUT2D eigenvalue weighted by molar-refractivity contribution is 7.09. The van der Waals surface area contributed by atoms with Crippen LogP contribution in [0.25, 0.3) is 0 Å². The minimum Gasteiger partial charge on any atom is -0.493 e. The number of hydrogen-bond acceptors (Lipinski definition) is 5. The molecular formula is C23H23ClN2O3S. The highest BCUT2D eigenvalue weighted by atomic mass is 35.5. The molecule has 2 heterocycles. The Hall–Kier alpha value is -2.57. The standard InChI is InChI=1S/C23H23ClN2O3S/c1-28-21-13-17(6-9-20(21)29-15-16-4-7-19(24)8-5-16)23(27)26-11-2-3-18(14-26)22-25-10-12-30-22/h4-10,12-13,18H,2-3,11,14-15H2,1H3. The zero-order valence-electron chi connectivity index (χ0n) is 16.7. The quantitative estimate of drug-likeness (QED) is 0.512. The average molecular weight is 443 g/mol. The predicted octanol–water partition coefficient (Wildman–Crippen LogP) is 5.40. The summed E-state index contributed by atoms with van der Waals surface area (Å²) in [5.41, 5.74) is 1.61. The van der Waals surface area contributed by atoms with Crippen LogP contribution in [0.2, 0.25) is 5.02 Å². The van der Waals surface area contributed by atoms with E-state index in [0.717, 1.165) is 30.0 Å². The molecule has 1 aromatic heterocycles. The van der Waals surface area contributed by atoms with Gasteiger partial charge in [0.05, 0.1) is 12.1 Å². The molecule has 0 N–H and O–H groups in total. The zero-order valence-corrected chi connectivity index (χ0v) is 18.3. The maximum atomic E-state index is 13.1. The molecule has 0 bridgehead atoms. The fraction of sp³-hybridized carbons (Fsp3) is 0.304. The molecule has 2 aromatic carbocycles. The summed E-state index contributed by atoms with van der Waals surface area (Å²) in [5, 5.41) is 3.79. The largest absolute Gasteiger partial charge is 0.493 e. The first-order valence-electron chi connectivity index (χ1n) is 9.88. The third-order valence-electron chi connectivity index (χ3n) is 5.23. The van der Waals surface area contributed by atoms with Gasteiger partial charge in [0, 0.05) is 41.2 Å². The molecule has 5 nitrogen and oxygen atoms in total. The number of hydrogen-bond donors (Lipinski definition) is 0. The minimum absolute atomic E-state index is 0.0128. The number of rotatable bonds is 6. The molecule has 0 saturated carbocycles. The molecule has 4 rings (SSSR count). The van der Waals surface area contributed by atoms with Gasteiger partial charge in [-0.15, -0.1) is 11.3 Å². The summed E-state index contributed by atoms with van der Waals surface area (Å²) in [7, 11) is 1.58. The van der Waals surface area contributed by atoms with Gasteiger partial charge in [-0.05, 0) is 48.7 Å². The number of nitrogens with zero attached hydrogens (tertiary/aromatic N) is 2. The normalized spacial score (nSPS) is 16.3. The van der Waals surface area contributed by atoms with Crippen molar-refractivity contribution in [2.24, 2.45) is 0 Å². The van der Waals surface area contributed by atoms with Crippen LogP contribution in [0.4, 0.5) is 0 Å². The van der Waals surface area contributed by atoms with Crippen molar-refractivity contribution in [3.8, 4) is 11.5 Å². The van der Waals surface area contributed by atoms with Gasteiger partial charge in [0.15, 0.2) is 11.5 Å². The Morgan fingerprint density at radius 2 is 2.07 bits per heavy atom. The molecule has 1 unspecified atom stereocenters. The molecule has 0 aliphatic carbocycles. The first-order chi connectivity index (χ1) is 14.6. The number of benzene rings is 2. The molecule has 1 amide bonds. The molecule has 1 saturated heterocycles. The lowest BCUT2D eigenvalue weighted by molar-refractivity contribution is 0.0706. The molecule has 30 heavy (non-hydrogen) atoms. The molecule has 1 aliphatic heterocycles. The summed E-state index contributed by atoms with van der Waals surface area (Å²) in [4.78, 5) is 19.5. The molecule has 3 aromatic rings. The van der Waals surface area contributed by atoms with E-state index >= 15 is 0 Å². The second kappa shape index (κ2) is 9.49. The molecule has 0 spiro atoms. The van der Waals surface area contributed by atoms with Crippen LogP contribution in [0.1, 0.15) is 39.7 Å². The van der Waals surface area contributed by atoms with Gasteiger partial charge in [-0.25, -0.2) is 4.98 Å². The first kappa shape index (κ1) is 20.7. The fourth-order valence-corrected chi connectivity index (χ4v) is 4.54. The Morgan fingerprint density at radius 3 is 2.80 bits per heavy atom. The van der Waals surface area contributed by atoms with E-state index < -0.39 is 0 Å². The number of likely N-dealkylation sites (tertiary alicyclic amines) is 1. The molecule has 1 aliphatic rings. The van der Waals surface area contributed by atoms with Gasteiger partial charge in [-0.3, -0.25) is 4.79 Å². The Morgan fingerprint density at radius 1 is 1.23 bits per heavy atom. The number of carbonyl (C=O) groups excluding carboxylic acids is 1. The third-order valence-corrected chi connectivity index (χ3v) is 6.42. The van der Waals surface area contributed by atoms with Crippen molar-refractivity contribution < 1.29 is 14.3 Å². The smallest absolute Gasteiger partial charge is 0.254 e. The zero-order chi connectivity index (χ0) is 20.9. The van der Waals surface area contributed by atoms with E-state index in [0.29, 0.717) is 41.2 Å².